The van der Waals surface area contributed by atoms with Crippen LogP contribution in [0.2, 0.25) is 5.02 Å². The Bertz CT molecular complexity index is 791. The number of hydrogen-bond donors (Lipinski definition) is 2. The van der Waals surface area contributed by atoms with Crippen LogP contribution >= 0.6 is 11.6 Å². The third-order valence-electron chi connectivity index (χ3n) is 4.51. The van der Waals surface area contributed by atoms with Crippen LogP contribution in [-0.2, 0) is 9.53 Å². The summed E-state index contributed by atoms with van der Waals surface area (Å²) in [5.41, 5.74) is 1.45. The summed E-state index contributed by atoms with van der Waals surface area (Å²) in [6, 6.07) is 12.2. The maximum atomic E-state index is 12.4. The molecule has 0 aromatic heterocycles. The van der Waals surface area contributed by atoms with E-state index in [0.717, 1.165) is 30.9 Å². The molecule has 0 bridgehead atoms. The molecule has 1 amide bonds. The summed E-state index contributed by atoms with van der Waals surface area (Å²) in [6.07, 6.45) is 2.33. The van der Waals surface area contributed by atoms with Gasteiger partial charge in [0, 0.05) is 18.0 Å². The molecule has 0 radical (unpaired) electrons. The number of methoxy groups -OCH3 is 1. The van der Waals surface area contributed by atoms with Crippen LogP contribution in [0.4, 0.5) is 11.4 Å². The van der Waals surface area contributed by atoms with E-state index in [1.165, 1.54) is 0 Å². The Morgan fingerprint density at radius 3 is 2.64 bits per heavy atom. The largest absolute Gasteiger partial charge is 0.495 e. The van der Waals surface area contributed by atoms with Gasteiger partial charge in [0.15, 0.2) is 0 Å². The topological polar surface area (TPSA) is 68.8 Å². The molecule has 1 aliphatic heterocycles. The van der Waals surface area contributed by atoms with E-state index in [2.05, 4.69) is 10.6 Å². The number of carbonyl (C=O) groups is 1. The van der Waals surface area contributed by atoms with Crippen molar-refractivity contribution in [2.75, 3.05) is 31.0 Å². The van der Waals surface area contributed by atoms with Crippen molar-refractivity contribution >= 4 is 28.9 Å². The standard InChI is InChI=1S/C21H25ClN2O4/c1-14(21(25)24-16-7-10-20(26-2)19(22)12-16)23-15-5-8-17(9-6-15)28-13-18-4-3-11-27-18/h5-10,12,14,18,23H,3-4,11,13H2,1-2H3,(H,24,25). The highest BCUT2D eigenvalue weighted by Gasteiger charge is 2.16. The molecular weight excluding hydrogens is 380 g/mol. The first-order valence-corrected chi connectivity index (χ1v) is 9.68. The van der Waals surface area contributed by atoms with Crippen LogP contribution in [0.1, 0.15) is 19.8 Å². The SMILES string of the molecule is COc1ccc(NC(=O)C(C)Nc2ccc(OCC3CCCO3)cc2)cc1Cl. The number of amides is 1. The molecule has 2 atom stereocenters. The molecular formula is C21H25ClN2O4. The molecule has 0 saturated carbocycles. The molecule has 2 unspecified atom stereocenters. The number of anilines is 2. The molecule has 7 heteroatoms. The second-order valence-electron chi connectivity index (χ2n) is 6.68. The number of carbonyl (C=O) groups excluding carboxylic acids is 1. The lowest BCUT2D eigenvalue weighted by Crippen LogP contribution is -2.31. The van der Waals surface area contributed by atoms with Crippen LogP contribution < -0.4 is 20.1 Å². The van der Waals surface area contributed by atoms with E-state index in [9.17, 15) is 4.79 Å². The molecule has 3 rings (SSSR count). The van der Waals surface area contributed by atoms with Crippen LogP contribution in [0.3, 0.4) is 0 Å². The summed E-state index contributed by atoms with van der Waals surface area (Å²) in [7, 11) is 1.55. The Balaban J connectivity index is 1.49. The summed E-state index contributed by atoms with van der Waals surface area (Å²) in [4.78, 5) is 12.4. The average Bonchev–Trinajstić information content (AvgIpc) is 3.21. The zero-order valence-electron chi connectivity index (χ0n) is 16.0. The number of benzene rings is 2. The number of hydrogen-bond acceptors (Lipinski definition) is 5. The van der Waals surface area contributed by atoms with E-state index in [1.807, 2.05) is 24.3 Å². The quantitative estimate of drug-likeness (QED) is 0.684. The molecule has 1 heterocycles. The van der Waals surface area contributed by atoms with E-state index in [-0.39, 0.29) is 12.0 Å². The van der Waals surface area contributed by atoms with Gasteiger partial charge >= 0.3 is 0 Å². The second kappa shape index (κ2) is 9.66. The molecule has 2 N–H and O–H groups in total. The Hall–Kier alpha value is -2.44. The molecule has 1 aliphatic rings. The van der Waals surface area contributed by atoms with Gasteiger partial charge in [-0.3, -0.25) is 4.79 Å². The third kappa shape index (κ3) is 5.53. The number of ether oxygens (including phenoxy) is 3. The summed E-state index contributed by atoms with van der Waals surface area (Å²) in [6.45, 7) is 3.18. The van der Waals surface area contributed by atoms with Crippen LogP contribution in [0.5, 0.6) is 11.5 Å². The Morgan fingerprint density at radius 1 is 1.25 bits per heavy atom. The lowest BCUT2D eigenvalue weighted by atomic mass is 10.2. The van der Waals surface area contributed by atoms with Gasteiger partial charge in [0.2, 0.25) is 5.91 Å². The molecule has 150 valence electrons. The maximum absolute atomic E-state index is 12.4. The fraction of sp³-hybridized carbons (Fsp3) is 0.381. The molecule has 2 aromatic rings. The minimum atomic E-state index is -0.431. The minimum Gasteiger partial charge on any atom is -0.495 e. The summed E-state index contributed by atoms with van der Waals surface area (Å²) in [5.74, 6) is 1.18. The van der Waals surface area contributed by atoms with Crippen molar-refractivity contribution in [1.29, 1.82) is 0 Å². The van der Waals surface area contributed by atoms with Crippen molar-refractivity contribution in [2.24, 2.45) is 0 Å². The van der Waals surface area contributed by atoms with Gasteiger partial charge in [-0.1, -0.05) is 11.6 Å². The zero-order valence-corrected chi connectivity index (χ0v) is 16.8. The molecule has 0 aliphatic carbocycles. The number of rotatable bonds is 8. The molecule has 1 fully saturated rings. The van der Waals surface area contributed by atoms with E-state index in [1.54, 1.807) is 32.2 Å². The lowest BCUT2D eigenvalue weighted by molar-refractivity contribution is -0.116. The van der Waals surface area contributed by atoms with Gasteiger partial charge in [-0.05, 0) is 62.2 Å². The smallest absolute Gasteiger partial charge is 0.246 e. The highest BCUT2D eigenvalue weighted by Crippen LogP contribution is 2.27. The van der Waals surface area contributed by atoms with Crippen LogP contribution in [0.15, 0.2) is 42.5 Å². The molecule has 0 spiro atoms. The van der Waals surface area contributed by atoms with Crippen molar-refractivity contribution in [3.63, 3.8) is 0 Å². The fourth-order valence-corrected chi connectivity index (χ4v) is 3.18. The van der Waals surface area contributed by atoms with Crippen LogP contribution in [-0.4, -0.2) is 38.4 Å². The summed E-state index contributed by atoms with van der Waals surface area (Å²) in [5, 5.41) is 6.45. The summed E-state index contributed by atoms with van der Waals surface area (Å²) < 4.78 is 16.4. The maximum Gasteiger partial charge on any atom is 0.246 e. The lowest BCUT2D eigenvalue weighted by Gasteiger charge is -2.16. The van der Waals surface area contributed by atoms with Gasteiger partial charge in [-0.25, -0.2) is 0 Å². The Morgan fingerprint density at radius 2 is 2.00 bits per heavy atom. The average molecular weight is 405 g/mol. The van der Waals surface area contributed by atoms with Gasteiger partial charge in [0.25, 0.3) is 0 Å². The highest BCUT2D eigenvalue weighted by molar-refractivity contribution is 6.32. The first kappa shape index (κ1) is 20.3. The molecule has 1 saturated heterocycles. The van der Waals surface area contributed by atoms with Gasteiger partial charge in [0.1, 0.15) is 24.1 Å². The van der Waals surface area contributed by atoms with E-state index in [4.69, 9.17) is 25.8 Å². The Labute approximate surface area is 170 Å². The van der Waals surface area contributed by atoms with Crippen molar-refractivity contribution in [3.8, 4) is 11.5 Å². The van der Waals surface area contributed by atoms with E-state index < -0.39 is 6.04 Å². The van der Waals surface area contributed by atoms with E-state index >= 15 is 0 Å². The first-order chi connectivity index (χ1) is 13.5. The van der Waals surface area contributed by atoms with Crippen molar-refractivity contribution in [2.45, 2.75) is 31.9 Å². The van der Waals surface area contributed by atoms with Crippen molar-refractivity contribution < 1.29 is 19.0 Å². The van der Waals surface area contributed by atoms with Gasteiger partial charge < -0.3 is 24.8 Å². The van der Waals surface area contributed by atoms with Crippen molar-refractivity contribution in [3.05, 3.63) is 47.5 Å². The zero-order chi connectivity index (χ0) is 19.9. The Kier molecular flexibility index (Phi) is 7.01. The normalized spacial score (nSPS) is 17.0. The molecule has 28 heavy (non-hydrogen) atoms. The van der Waals surface area contributed by atoms with E-state index in [0.29, 0.717) is 23.1 Å². The third-order valence-corrected chi connectivity index (χ3v) is 4.81. The van der Waals surface area contributed by atoms with Gasteiger partial charge in [-0.15, -0.1) is 0 Å². The number of nitrogens with one attached hydrogen (secondary N) is 2. The first-order valence-electron chi connectivity index (χ1n) is 9.30. The molecule has 2 aromatic carbocycles. The minimum absolute atomic E-state index is 0.167. The van der Waals surface area contributed by atoms with Crippen LogP contribution in [0, 0.1) is 0 Å². The second-order valence-corrected chi connectivity index (χ2v) is 7.08. The number of halogens is 1. The van der Waals surface area contributed by atoms with Crippen molar-refractivity contribution in [1.82, 2.24) is 0 Å². The highest BCUT2D eigenvalue weighted by atomic mass is 35.5. The van der Waals surface area contributed by atoms with Gasteiger partial charge in [0.05, 0.1) is 18.2 Å². The summed E-state index contributed by atoms with van der Waals surface area (Å²) >= 11 is 6.09. The fourth-order valence-electron chi connectivity index (χ4n) is 2.92. The monoisotopic (exact) mass is 404 g/mol. The predicted molar refractivity (Wildman–Crippen MR) is 111 cm³/mol. The predicted octanol–water partition coefficient (Wildman–Crippen LogP) is 4.35. The van der Waals surface area contributed by atoms with Gasteiger partial charge in [-0.2, -0.15) is 0 Å². The molecule has 6 nitrogen and oxygen atoms in total. The van der Waals surface area contributed by atoms with Crippen LogP contribution in [0.25, 0.3) is 0 Å².